The van der Waals surface area contributed by atoms with Crippen molar-refractivity contribution in [3.05, 3.63) is 114 Å². The third-order valence-electron chi connectivity index (χ3n) is 7.10. The van der Waals surface area contributed by atoms with Crippen molar-refractivity contribution in [2.24, 2.45) is 0 Å². The highest BCUT2D eigenvalue weighted by atomic mass is 32.1. The van der Waals surface area contributed by atoms with Crippen molar-refractivity contribution in [3.8, 4) is 5.69 Å². The maximum Gasteiger partial charge on any atom is 0.337 e. The van der Waals surface area contributed by atoms with Crippen LogP contribution in [0.4, 0.5) is 5.69 Å². The number of hydrogen-bond acceptors (Lipinski definition) is 5. The molecule has 2 aromatic carbocycles. The highest BCUT2D eigenvalue weighted by molar-refractivity contribution is 7.80. The number of nitrogens with zero attached hydrogens (tertiary/aromatic N) is 3. The maximum atomic E-state index is 13.0. The summed E-state index contributed by atoms with van der Waals surface area (Å²) in [5, 5.41) is 7.08. The molecule has 204 valence electrons. The lowest BCUT2D eigenvalue weighted by Gasteiger charge is -2.29. The third kappa shape index (κ3) is 5.60. The Morgan fingerprint density at radius 3 is 2.52 bits per heavy atom. The van der Waals surface area contributed by atoms with Crippen molar-refractivity contribution in [1.29, 1.82) is 0 Å². The van der Waals surface area contributed by atoms with Gasteiger partial charge in [0.15, 0.2) is 5.11 Å². The average molecular weight is 554 g/mol. The second-order valence-corrected chi connectivity index (χ2v) is 9.86. The van der Waals surface area contributed by atoms with E-state index in [0.29, 0.717) is 17.2 Å². The predicted molar refractivity (Wildman–Crippen MR) is 158 cm³/mol. The summed E-state index contributed by atoms with van der Waals surface area (Å²) in [5.74, 6) is -0.455. The number of aryl methyl sites for hydroxylation is 1. The van der Waals surface area contributed by atoms with E-state index in [2.05, 4.69) is 38.1 Å². The molecule has 8 nitrogen and oxygen atoms in total. The first-order valence-corrected chi connectivity index (χ1v) is 13.6. The largest absolute Gasteiger partial charge is 0.465 e. The third-order valence-corrected chi connectivity index (χ3v) is 7.45. The first-order chi connectivity index (χ1) is 19.5. The number of nitrogens with one attached hydrogen (secondary N) is 2. The van der Waals surface area contributed by atoms with Gasteiger partial charge in [0.25, 0.3) is 0 Å². The van der Waals surface area contributed by atoms with Crippen LogP contribution in [0.25, 0.3) is 5.69 Å². The van der Waals surface area contributed by atoms with E-state index in [4.69, 9.17) is 17.0 Å². The number of esters is 1. The average Bonchev–Trinajstić information content (AvgIpc) is 3.60. The second-order valence-electron chi connectivity index (χ2n) is 9.47. The van der Waals surface area contributed by atoms with Crippen LogP contribution in [0.2, 0.25) is 0 Å². The zero-order valence-corrected chi connectivity index (χ0v) is 23.2. The Balaban J connectivity index is 1.43. The molecule has 3 heterocycles. The fourth-order valence-electron chi connectivity index (χ4n) is 5.10. The number of benzene rings is 2. The minimum absolute atomic E-state index is 0.0717. The molecule has 2 atom stereocenters. The summed E-state index contributed by atoms with van der Waals surface area (Å²) in [6, 6.07) is 24.5. The highest BCUT2D eigenvalue weighted by Crippen LogP contribution is 2.39. The minimum Gasteiger partial charge on any atom is -0.465 e. The number of para-hydroxylation sites is 1. The molecule has 2 N–H and O–H groups in total. The molecule has 40 heavy (non-hydrogen) atoms. The van der Waals surface area contributed by atoms with Crippen LogP contribution in [0, 0.1) is 0 Å². The minimum atomic E-state index is -0.383. The molecule has 1 aliphatic rings. The van der Waals surface area contributed by atoms with Gasteiger partial charge in [-0.2, -0.15) is 0 Å². The van der Waals surface area contributed by atoms with Gasteiger partial charge in [0.05, 0.1) is 30.5 Å². The number of methoxy groups -OCH3 is 1. The lowest BCUT2D eigenvalue weighted by Crippen LogP contribution is -2.33. The molecule has 1 aliphatic heterocycles. The maximum absolute atomic E-state index is 13.0. The molecule has 5 rings (SSSR count). The summed E-state index contributed by atoms with van der Waals surface area (Å²) in [6.07, 6.45) is 4.84. The number of pyridine rings is 1. The standard InChI is InChI=1S/C31H31N5O3S/c1-3-21-9-4-5-10-24(21)33-27(37)17-20-36-29(28(34-31(36)40)25-11-6-7-18-32-25)26-12-8-19-35(26)23-15-13-22(14-16-23)30(38)39-2/h4-16,18-19,28-29H,3,17,20H2,1-2H3,(H,33,37)(H,34,40). The van der Waals surface area contributed by atoms with Gasteiger partial charge < -0.3 is 24.8 Å². The summed E-state index contributed by atoms with van der Waals surface area (Å²) in [6.45, 7) is 2.49. The van der Waals surface area contributed by atoms with Crippen LogP contribution >= 0.6 is 12.2 Å². The van der Waals surface area contributed by atoms with E-state index in [1.807, 2.05) is 66.9 Å². The molecule has 1 saturated heterocycles. The van der Waals surface area contributed by atoms with Gasteiger partial charge in [-0.3, -0.25) is 9.78 Å². The van der Waals surface area contributed by atoms with E-state index in [1.165, 1.54) is 7.11 Å². The molecule has 9 heteroatoms. The molecule has 0 radical (unpaired) electrons. The summed E-state index contributed by atoms with van der Waals surface area (Å²) >= 11 is 5.80. The van der Waals surface area contributed by atoms with Crippen molar-refractivity contribution in [2.45, 2.75) is 31.8 Å². The quantitative estimate of drug-likeness (QED) is 0.217. The molecule has 0 spiro atoms. The SMILES string of the molecule is CCc1ccccc1NC(=O)CCN1C(=S)NC(c2ccccn2)C1c1cccn1-c1ccc(C(=O)OC)cc1. The van der Waals surface area contributed by atoms with E-state index in [1.54, 1.807) is 18.3 Å². The Kier molecular flexibility index (Phi) is 8.21. The first kappa shape index (κ1) is 27.1. The number of amides is 1. The summed E-state index contributed by atoms with van der Waals surface area (Å²) in [7, 11) is 1.37. The molecule has 0 saturated carbocycles. The Morgan fingerprint density at radius 2 is 1.80 bits per heavy atom. The number of carbonyl (C=O) groups excluding carboxylic acids is 2. The normalized spacial score (nSPS) is 16.4. The number of anilines is 1. The molecule has 2 unspecified atom stereocenters. The van der Waals surface area contributed by atoms with Crippen molar-refractivity contribution >= 4 is 34.9 Å². The zero-order chi connectivity index (χ0) is 28.1. The highest BCUT2D eigenvalue weighted by Gasteiger charge is 2.41. The lowest BCUT2D eigenvalue weighted by atomic mass is 10.0. The fourth-order valence-corrected chi connectivity index (χ4v) is 5.43. The molecule has 1 amide bonds. The lowest BCUT2D eigenvalue weighted by molar-refractivity contribution is -0.116. The summed E-state index contributed by atoms with van der Waals surface area (Å²) in [5.41, 5.74) is 5.13. The smallest absolute Gasteiger partial charge is 0.337 e. The van der Waals surface area contributed by atoms with Gasteiger partial charge in [-0.05, 0) is 78.8 Å². The van der Waals surface area contributed by atoms with Crippen LogP contribution < -0.4 is 10.6 Å². The number of carbonyl (C=O) groups is 2. The number of hydrogen-bond donors (Lipinski definition) is 2. The van der Waals surface area contributed by atoms with Crippen LogP contribution in [-0.4, -0.2) is 45.1 Å². The predicted octanol–water partition coefficient (Wildman–Crippen LogP) is 5.22. The molecule has 0 aliphatic carbocycles. The van der Waals surface area contributed by atoms with Crippen LogP contribution in [0.3, 0.4) is 0 Å². The Bertz CT molecular complexity index is 1500. The monoisotopic (exact) mass is 553 g/mol. The Morgan fingerprint density at radius 1 is 1.02 bits per heavy atom. The van der Waals surface area contributed by atoms with E-state index in [9.17, 15) is 9.59 Å². The van der Waals surface area contributed by atoms with Gasteiger partial charge in [-0.1, -0.05) is 31.2 Å². The van der Waals surface area contributed by atoms with Crippen molar-refractivity contribution in [3.63, 3.8) is 0 Å². The van der Waals surface area contributed by atoms with E-state index >= 15 is 0 Å². The Labute approximate surface area is 239 Å². The zero-order valence-electron chi connectivity index (χ0n) is 22.4. The molecular formula is C31H31N5O3S. The van der Waals surface area contributed by atoms with Crippen molar-refractivity contribution in [2.75, 3.05) is 19.0 Å². The summed E-state index contributed by atoms with van der Waals surface area (Å²) < 4.78 is 6.91. The Hall–Kier alpha value is -4.50. The number of aromatic nitrogens is 2. The van der Waals surface area contributed by atoms with Gasteiger partial charge in [-0.15, -0.1) is 0 Å². The van der Waals surface area contributed by atoms with Crippen LogP contribution in [0.1, 0.15) is 52.7 Å². The van der Waals surface area contributed by atoms with Gasteiger partial charge in [0.1, 0.15) is 0 Å². The number of ether oxygens (including phenoxy) is 1. The van der Waals surface area contributed by atoms with Crippen molar-refractivity contribution < 1.29 is 14.3 Å². The van der Waals surface area contributed by atoms with Gasteiger partial charge >= 0.3 is 5.97 Å². The molecule has 4 aromatic rings. The van der Waals surface area contributed by atoms with E-state index < -0.39 is 0 Å². The van der Waals surface area contributed by atoms with Gasteiger partial charge in [-0.25, -0.2) is 4.79 Å². The second kappa shape index (κ2) is 12.1. The van der Waals surface area contributed by atoms with Crippen LogP contribution in [0.5, 0.6) is 0 Å². The van der Waals surface area contributed by atoms with Crippen molar-refractivity contribution in [1.82, 2.24) is 19.8 Å². The number of rotatable bonds is 9. The van der Waals surface area contributed by atoms with Crippen LogP contribution in [-0.2, 0) is 16.0 Å². The summed E-state index contributed by atoms with van der Waals surface area (Å²) in [4.78, 5) is 31.7. The first-order valence-electron chi connectivity index (χ1n) is 13.2. The molecule has 0 bridgehead atoms. The topological polar surface area (TPSA) is 88.5 Å². The van der Waals surface area contributed by atoms with E-state index in [-0.39, 0.29) is 30.4 Å². The number of thiocarbonyl (C=S) groups is 1. The fraction of sp³-hybridized carbons (Fsp3) is 0.226. The van der Waals surface area contributed by atoms with Crippen LogP contribution in [0.15, 0.2) is 91.3 Å². The van der Waals surface area contributed by atoms with Gasteiger partial charge in [0, 0.05) is 42.4 Å². The molecule has 2 aromatic heterocycles. The van der Waals surface area contributed by atoms with Gasteiger partial charge in [0.2, 0.25) is 5.91 Å². The molecule has 1 fully saturated rings. The molecular weight excluding hydrogens is 522 g/mol. The van der Waals surface area contributed by atoms with E-state index in [0.717, 1.165) is 34.7 Å².